The highest BCUT2D eigenvalue weighted by Crippen LogP contribution is 2.12. The van der Waals surface area contributed by atoms with Crippen LogP contribution in [0.5, 0.6) is 0 Å². The van der Waals surface area contributed by atoms with Crippen LogP contribution in [-0.4, -0.2) is 13.0 Å². The largest absolute Gasteiger partial charge is 0.355 e. The zero-order valence-electron chi connectivity index (χ0n) is 9.01. The molecule has 0 bridgehead atoms. The van der Waals surface area contributed by atoms with Crippen molar-refractivity contribution >= 4 is 5.91 Å². The molecule has 1 N–H and O–H groups in total. The third-order valence-corrected chi connectivity index (χ3v) is 2.23. The summed E-state index contributed by atoms with van der Waals surface area (Å²) in [5, 5.41) is 2.40. The zero-order chi connectivity index (χ0) is 11.3. The van der Waals surface area contributed by atoms with Crippen LogP contribution >= 0.6 is 0 Å². The molecule has 0 atom stereocenters. The third-order valence-electron chi connectivity index (χ3n) is 2.23. The minimum atomic E-state index is -0.456. The van der Waals surface area contributed by atoms with Crippen LogP contribution in [0.15, 0.2) is 18.2 Å². The number of aryl methyl sites for hydroxylation is 1. The number of amides is 1. The lowest BCUT2D eigenvalue weighted by molar-refractivity contribution is 0.0959. The van der Waals surface area contributed by atoms with Gasteiger partial charge in [0, 0.05) is 7.05 Å². The molecule has 15 heavy (non-hydrogen) atoms. The van der Waals surface area contributed by atoms with E-state index in [1.807, 2.05) is 13.3 Å². The maximum atomic E-state index is 13.4. The molecule has 2 nitrogen and oxygen atoms in total. The number of halogens is 1. The number of hydrogen-bond donors (Lipinski definition) is 1. The van der Waals surface area contributed by atoms with E-state index in [4.69, 9.17) is 0 Å². The molecule has 1 amide bonds. The van der Waals surface area contributed by atoms with Crippen molar-refractivity contribution in [1.82, 2.24) is 5.32 Å². The number of nitrogens with one attached hydrogen (secondary N) is 1. The maximum absolute atomic E-state index is 13.4. The fraction of sp³-hybridized carbons (Fsp3) is 0.333. The molecule has 0 spiro atoms. The van der Waals surface area contributed by atoms with Gasteiger partial charge >= 0.3 is 0 Å². The predicted molar refractivity (Wildman–Crippen MR) is 58.1 cm³/mol. The van der Waals surface area contributed by atoms with Gasteiger partial charge in [-0.25, -0.2) is 4.39 Å². The van der Waals surface area contributed by atoms with Crippen molar-refractivity contribution in [3.05, 3.63) is 41.6 Å². The van der Waals surface area contributed by atoms with Crippen molar-refractivity contribution in [2.75, 3.05) is 7.05 Å². The van der Waals surface area contributed by atoms with Gasteiger partial charge in [0.1, 0.15) is 5.82 Å². The van der Waals surface area contributed by atoms with E-state index < -0.39 is 5.82 Å². The van der Waals surface area contributed by atoms with Gasteiger partial charge in [0.2, 0.25) is 0 Å². The second-order valence-electron chi connectivity index (χ2n) is 3.34. The number of unbranched alkanes of at least 4 members (excludes halogenated alkanes) is 1. The van der Waals surface area contributed by atoms with Gasteiger partial charge in [-0.15, -0.1) is 0 Å². The average Bonchev–Trinajstić information content (AvgIpc) is 2.25. The molecule has 0 aliphatic rings. The van der Waals surface area contributed by atoms with E-state index in [-0.39, 0.29) is 11.5 Å². The van der Waals surface area contributed by atoms with Gasteiger partial charge in [0.05, 0.1) is 5.56 Å². The molecule has 0 fully saturated rings. The van der Waals surface area contributed by atoms with E-state index in [0.717, 1.165) is 18.4 Å². The Bertz CT molecular complexity index is 349. The van der Waals surface area contributed by atoms with Crippen LogP contribution < -0.4 is 5.32 Å². The fourth-order valence-corrected chi connectivity index (χ4v) is 1.34. The monoisotopic (exact) mass is 208 g/mol. The Morgan fingerprint density at radius 1 is 1.53 bits per heavy atom. The number of hydrogen-bond acceptors (Lipinski definition) is 1. The summed E-state index contributed by atoms with van der Waals surface area (Å²) in [7, 11) is 1.49. The Hall–Kier alpha value is -1.38. The second-order valence-corrected chi connectivity index (χ2v) is 3.34. The minimum absolute atomic E-state index is 0.0988. The van der Waals surface area contributed by atoms with E-state index in [9.17, 15) is 9.18 Å². The SMILES string of the molecule is C[CH]CCc1ccc(C(=O)NC)c(F)c1. The summed E-state index contributed by atoms with van der Waals surface area (Å²) < 4.78 is 13.4. The molecule has 0 aliphatic heterocycles. The molecule has 3 heteroatoms. The third kappa shape index (κ3) is 3.05. The minimum Gasteiger partial charge on any atom is -0.355 e. The number of benzene rings is 1. The van der Waals surface area contributed by atoms with E-state index in [1.54, 1.807) is 6.07 Å². The van der Waals surface area contributed by atoms with E-state index in [0.29, 0.717) is 0 Å². The molecule has 1 rings (SSSR count). The van der Waals surface area contributed by atoms with Gasteiger partial charge in [-0.05, 0) is 37.0 Å². The quantitative estimate of drug-likeness (QED) is 0.808. The number of rotatable bonds is 4. The lowest BCUT2D eigenvalue weighted by atomic mass is 10.1. The molecule has 1 aromatic carbocycles. The summed E-state index contributed by atoms with van der Waals surface area (Å²) in [6.07, 6.45) is 3.75. The molecule has 0 aromatic heterocycles. The molecule has 0 heterocycles. The average molecular weight is 208 g/mol. The zero-order valence-corrected chi connectivity index (χ0v) is 9.01. The first kappa shape index (κ1) is 11.7. The fourth-order valence-electron chi connectivity index (χ4n) is 1.34. The van der Waals surface area contributed by atoms with Crippen LogP contribution in [0, 0.1) is 12.2 Å². The normalized spacial score (nSPS) is 10.1. The van der Waals surface area contributed by atoms with Gasteiger partial charge in [-0.1, -0.05) is 13.0 Å². The van der Waals surface area contributed by atoms with E-state index >= 15 is 0 Å². The van der Waals surface area contributed by atoms with Crippen molar-refractivity contribution in [3.8, 4) is 0 Å². The summed E-state index contributed by atoms with van der Waals surface area (Å²) >= 11 is 0. The smallest absolute Gasteiger partial charge is 0.253 e. The molecule has 0 saturated heterocycles. The van der Waals surface area contributed by atoms with Crippen LogP contribution in [0.25, 0.3) is 0 Å². The molecule has 1 radical (unpaired) electrons. The van der Waals surface area contributed by atoms with Crippen molar-refractivity contribution in [2.24, 2.45) is 0 Å². The first-order valence-electron chi connectivity index (χ1n) is 4.97. The molecular weight excluding hydrogens is 193 g/mol. The molecule has 0 unspecified atom stereocenters. The standard InChI is InChI=1S/C12H15FNO/c1-3-4-5-9-6-7-10(11(13)8-9)12(15)14-2/h3,6-8H,4-5H2,1-2H3,(H,14,15). The first-order chi connectivity index (χ1) is 7.19. The van der Waals surface area contributed by atoms with Crippen LogP contribution in [0.2, 0.25) is 0 Å². The summed E-state index contributed by atoms with van der Waals surface area (Å²) in [6, 6.07) is 4.74. The van der Waals surface area contributed by atoms with Crippen molar-refractivity contribution in [1.29, 1.82) is 0 Å². The molecular formula is C12H15FNO. The second kappa shape index (κ2) is 5.49. The Morgan fingerprint density at radius 3 is 2.80 bits per heavy atom. The Balaban J connectivity index is 2.83. The van der Waals surface area contributed by atoms with Gasteiger partial charge in [-0.2, -0.15) is 0 Å². The lowest BCUT2D eigenvalue weighted by Crippen LogP contribution is -2.19. The van der Waals surface area contributed by atoms with Crippen LogP contribution in [0.4, 0.5) is 4.39 Å². The summed E-state index contributed by atoms with van der Waals surface area (Å²) in [6.45, 7) is 1.97. The highest BCUT2D eigenvalue weighted by atomic mass is 19.1. The van der Waals surface area contributed by atoms with Crippen molar-refractivity contribution in [3.63, 3.8) is 0 Å². The summed E-state index contributed by atoms with van der Waals surface area (Å²) in [4.78, 5) is 11.2. The van der Waals surface area contributed by atoms with E-state index in [2.05, 4.69) is 5.32 Å². The molecule has 81 valence electrons. The van der Waals surface area contributed by atoms with Crippen LogP contribution in [-0.2, 0) is 6.42 Å². The van der Waals surface area contributed by atoms with Crippen LogP contribution in [0.3, 0.4) is 0 Å². The van der Waals surface area contributed by atoms with Gasteiger partial charge in [0.25, 0.3) is 5.91 Å². The Morgan fingerprint density at radius 2 is 2.27 bits per heavy atom. The Labute approximate surface area is 89.5 Å². The topological polar surface area (TPSA) is 29.1 Å². The highest BCUT2D eigenvalue weighted by molar-refractivity contribution is 5.94. The van der Waals surface area contributed by atoms with Gasteiger partial charge in [0.15, 0.2) is 0 Å². The lowest BCUT2D eigenvalue weighted by Gasteiger charge is -2.04. The molecule has 1 aromatic rings. The molecule has 0 saturated carbocycles. The van der Waals surface area contributed by atoms with Gasteiger partial charge < -0.3 is 5.32 Å². The number of carbonyl (C=O) groups is 1. The van der Waals surface area contributed by atoms with Crippen molar-refractivity contribution in [2.45, 2.75) is 19.8 Å². The summed E-state index contributed by atoms with van der Waals surface area (Å²) in [5.74, 6) is -0.843. The molecule has 0 aliphatic carbocycles. The first-order valence-corrected chi connectivity index (χ1v) is 4.97. The summed E-state index contributed by atoms with van der Waals surface area (Å²) in [5.41, 5.74) is 1.01. The van der Waals surface area contributed by atoms with Gasteiger partial charge in [-0.3, -0.25) is 4.79 Å². The predicted octanol–water partition coefficient (Wildman–Crippen LogP) is 2.34. The Kier molecular flexibility index (Phi) is 4.28. The number of carbonyl (C=O) groups excluding carboxylic acids is 1. The highest BCUT2D eigenvalue weighted by Gasteiger charge is 2.09. The van der Waals surface area contributed by atoms with Crippen LogP contribution in [0.1, 0.15) is 29.3 Å². The van der Waals surface area contributed by atoms with Crippen molar-refractivity contribution < 1.29 is 9.18 Å². The van der Waals surface area contributed by atoms with E-state index in [1.165, 1.54) is 19.2 Å². The maximum Gasteiger partial charge on any atom is 0.253 e.